The Labute approximate surface area is 94.8 Å². The summed E-state index contributed by atoms with van der Waals surface area (Å²) in [5.74, 6) is 0.589. The molecule has 0 spiro atoms. The van der Waals surface area contributed by atoms with Crippen LogP contribution in [0.3, 0.4) is 0 Å². The van der Waals surface area contributed by atoms with E-state index >= 15 is 0 Å². The molecule has 0 bridgehead atoms. The Bertz CT molecular complexity index is 394. The molecule has 0 amide bonds. The van der Waals surface area contributed by atoms with Crippen LogP contribution in [0.2, 0.25) is 0 Å². The summed E-state index contributed by atoms with van der Waals surface area (Å²) in [7, 11) is 0. The first-order valence-electron chi connectivity index (χ1n) is 6.06. The lowest BCUT2D eigenvalue weighted by Gasteiger charge is -2.34. The highest BCUT2D eigenvalue weighted by atomic mass is 19.1. The lowest BCUT2D eigenvalue weighted by Crippen LogP contribution is -2.40. The molecule has 16 heavy (non-hydrogen) atoms. The van der Waals surface area contributed by atoms with E-state index in [1.807, 2.05) is 0 Å². The molecule has 1 heterocycles. The molecule has 1 aliphatic carbocycles. The normalized spacial score (nSPS) is 28.1. The number of hydrogen-bond acceptors (Lipinski definition) is 2. The molecule has 1 fully saturated rings. The number of anilines is 1. The Morgan fingerprint density at radius 1 is 1.19 bits per heavy atom. The summed E-state index contributed by atoms with van der Waals surface area (Å²) in [4.78, 5) is 0. The minimum atomic E-state index is -0.207. The zero-order chi connectivity index (χ0) is 11.0. The van der Waals surface area contributed by atoms with Crippen LogP contribution in [-0.2, 0) is 0 Å². The van der Waals surface area contributed by atoms with Crippen LogP contribution in [0.4, 0.5) is 10.1 Å². The van der Waals surface area contributed by atoms with Gasteiger partial charge < -0.3 is 10.1 Å². The number of nitrogens with one attached hydrogen (secondary N) is 1. The van der Waals surface area contributed by atoms with Crippen molar-refractivity contribution in [3.63, 3.8) is 0 Å². The zero-order valence-electron chi connectivity index (χ0n) is 9.21. The van der Waals surface area contributed by atoms with Gasteiger partial charge in [0.25, 0.3) is 0 Å². The molecule has 2 aliphatic rings. The smallest absolute Gasteiger partial charge is 0.143 e. The van der Waals surface area contributed by atoms with Gasteiger partial charge in [0.05, 0.1) is 11.7 Å². The fourth-order valence-corrected chi connectivity index (χ4v) is 2.66. The summed E-state index contributed by atoms with van der Waals surface area (Å²) in [6, 6.07) is 5.06. The van der Waals surface area contributed by atoms with E-state index in [4.69, 9.17) is 4.74 Å². The summed E-state index contributed by atoms with van der Waals surface area (Å²) >= 11 is 0. The van der Waals surface area contributed by atoms with Crippen LogP contribution in [-0.4, -0.2) is 12.1 Å². The highest BCUT2D eigenvalue weighted by molar-refractivity contribution is 5.59. The Morgan fingerprint density at radius 3 is 3.00 bits per heavy atom. The van der Waals surface area contributed by atoms with Crippen molar-refractivity contribution in [3.05, 3.63) is 24.0 Å². The molecule has 1 N–H and O–H groups in total. The van der Waals surface area contributed by atoms with Gasteiger partial charge in [0.15, 0.2) is 0 Å². The van der Waals surface area contributed by atoms with Crippen LogP contribution in [0.5, 0.6) is 5.75 Å². The van der Waals surface area contributed by atoms with Gasteiger partial charge in [-0.05, 0) is 31.4 Å². The van der Waals surface area contributed by atoms with E-state index in [-0.39, 0.29) is 11.9 Å². The molecule has 2 atom stereocenters. The van der Waals surface area contributed by atoms with Crippen molar-refractivity contribution in [3.8, 4) is 5.75 Å². The van der Waals surface area contributed by atoms with E-state index in [0.29, 0.717) is 6.04 Å². The van der Waals surface area contributed by atoms with Crippen molar-refractivity contribution in [2.24, 2.45) is 0 Å². The van der Waals surface area contributed by atoms with Gasteiger partial charge >= 0.3 is 0 Å². The third kappa shape index (κ3) is 1.75. The Kier molecular flexibility index (Phi) is 2.46. The molecular weight excluding hydrogens is 205 g/mol. The Morgan fingerprint density at radius 2 is 2.06 bits per heavy atom. The SMILES string of the molecule is Fc1ccc2c(c1)NC1CCCCCC1O2. The summed E-state index contributed by atoms with van der Waals surface area (Å²) in [6.07, 6.45) is 6.25. The summed E-state index contributed by atoms with van der Waals surface area (Å²) < 4.78 is 19.0. The van der Waals surface area contributed by atoms with Crippen molar-refractivity contribution in [2.45, 2.75) is 44.2 Å². The number of rotatable bonds is 0. The molecule has 0 saturated heterocycles. The lowest BCUT2D eigenvalue weighted by atomic mass is 10.0. The van der Waals surface area contributed by atoms with E-state index < -0.39 is 0 Å². The maximum Gasteiger partial charge on any atom is 0.143 e. The van der Waals surface area contributed by atoms with E-state index in [1.165, 1.54) is 31.4 Å². The van der Waals surface area contributed by atoms with Crippen molar-refractivity contribution in [2.75, 3.05) is 5.32 Å². The van der Waals surface area contributed by atoms with Gasteiger partial charge in [-0.25, -0.2) is 4.39 Å². The maximum absolute atomic E-state index is 13.1. The van der Waals surface area contributed by atoms with Crippen molar-refractivity contribution >= 4 is 5.69 Å². The van der Waals surface area contributed by atoms with Crippen LogP contribution < -0.4 is 10.1 Å². The molecule has 3 heteroatoms. The monoisotopic (exact) mass is 221 g/mol. The number of halogens is 1. The summed E-state index contributed by atoms with van der Waals surface area (Å²) in [6.45, 7) is 0. The van der Waals surface area contributed by atoms with Gasteiger partial charge in [-0.15, -0.1) is 0 Å². The topological polar surface area (TPSA) is 21.3 Å². The summed E-state index contributed by atoms with van der Waals surface area (Å²) in [5, 5.41) is 3.41. The Hall–Kier alpha value is -1.25. The molecule has 2 nitrogen and oxygen atoms in total. The first kappa shape index (κ1) is 9.94. The van der Waals surface area contributed by atoms with Crippen LogP contribution in [0.25, 0.3) is 0 Å². The maximum atomic E-state index is 13.1. The zero-order valence-corrected chi connectivity index (χ0v) is 9.21. The first-order valence-corrected chi connectivity index (χ1v) is 6.06. The second-order valence-corrected chi connectivity index (χ2v) is 4.69. The minimum Gasteiger partial charge on any atom is -0.486 e. The third-order valence-corrected chi connectivity index (χ3v) is 3.51. The molecule has 0 aromatic heterocycles. The van der Waals surface area contributed by atoms with E-state index in [1.54, 1.807) is 6.07 Å². The number of fused-ring (bicyclic) bond motifs is 2. The van der Waals surface area contributed by atoms with Crippen LogP contribution >= 0.6 is 0 Å². The van der Waals surface area contributed by atoms with Crippen LogP contribution in [0.15, 0.2) is 18.2 Å². The molecule has 86 valence electrons. The molecular formula is C13H16FNO. The van der Waals surface area contributed by atoms with Crippen molar-refractivity contribution in [1.29, 1.82) is 0 Å². The average Bonchev–Trinajstić information content (AvgIpc) is 2.50. The molecule has 2 unspecified atom stereocenters. The van der Waals surface area contributed by atoms with Gasteiger partial charge in [-0.3, -0.25) is 0 Å². The first-order chi connectivity index (χ1) is 7.83. The van der Waals surface area contributed by atoms with Crippen molar-refractivity contribution < 1.29 is 9.13 Å². The number of hydrogen-bond donors (Lipinski definition) is 1. The van der Waals surface area contributed by atoms with Crippen LogP contribution in [0, 0.1) is 5.82 Å². The lowest BCUT2D eigenvalue weighted by molar-refractivity contribution is 0.160. The van der Waals surface area contributed by atoms with Gasteiger partial charge in [0.1, 0.15) is 17.7 Å². The second-order valence-electron chi connectivity index (χ2n) is 4.69. The fraction of sp³-hybridized carbons (Fsp3) is 0.538. The predicted octanol–water partition coefficient (Wildman–Crippen LogP) is 3.33. The van der Waals surface area contributed by atoms with Gasteiger partial charge in [-0.2, -0.15) is 0 Å². The number of ether oxygens (including phenoxy) is 1. The average molecular weight is 221 g/mol. The quantitative estimate of drug-likeness (QED) is 0.725. The fourth-order valence-electron chi connectivity index (χ4n) is 2.66. The molecule has 1 aromatic rings. The molecule has 1 saturated carbocycles. The van der Waals surface area contributed by atoms with Gasteiger partial charge in [0, 0.05) is 6.07 Å². The highest BCUT2D eigenvalue weighted by Crippen LogP contribution is 2.35. The van der Waals surface area contributed by atoms with Crippen molar-refractivity contribution in [1.82, 2.24) is 0 Å². The van der Waals surface area contributed by atoms with Gasteiger partial charge in [-0.1, -0.05) is 12.8 Å². The predicted molar refractivity (Wildman–Crippen MR) is 61.3 cm³/mol. The highest BCUT2D eigenvalue weighted by Gasteiger charge is 2.30. The molecule has 3 rings (SSSR count). The van der Waals surface area contributed by atoms with E-state index in [0.717, 1.165) is 24.3 Å². The Balaban J connectivity index is 1.89. The second kappa shape index (κ2) is 3.96. The third-order valence-electron chi connectivity index (χ3n) is 3.51. The van der Waals surface area contributed by atoms with E-state index in [9.17, 15) is 4.39 Å². The molecule has 1 aromatic carbocycles. The standard InChI is InChI=1S/C13H16FNO/c14-9-6-7-13-11(8-9)15-10-4-2-1-3-5-12(10)16-13/h6-8,10,12,15H,1-5H2. The summed E-state index contributed by atoms with van der Waals surface area (Å²) in [5.41, 5.74) is 0.808. The van der Waals surface area contributed by atoms with E-state index in [2.05, 4.69) is 5.32 Å². The largest absolute Gasteiger partial charge is 0.486 e. The van der Waals surface area contributed by atoms with Gasteiger partial charge in [0.2, 0.25) is 0 Å². The molecule has 1 aliphatic heterocycles. The number of benzene rings is 1. The minimum absolute atomic E-state index is 0.207. The van der Waals surface area contributed by atoms with Crippen LogP contribution in [0.1, 0.15) is 32.1 Å². The molecule has 0 radical (unpaired) electrons.